The fourth-order valence-electron chi connectivity index (χ4n) is 3.82. The van der Waals surface area contributed by atoms with Crippen LogP contribution in [0.3, 0.4) is 0 Å². The summed E-state index contributed by atoms with van der Waals surface area (Å²) in [7, 11) is 1.68. The second kappa shape index (κ2) is 7.79. The summed E-state index contributed by atoms with van der Waals surface area (Å²) in [5.74, 6) is -0.214. The lowest BCUT2D eigenvalue weighted by atomic mass is 10.1. The Balaban J connectivity index is 1.58. The summed E-state index contributed by atoms with van der Waals surface area (Å²) in [5, 5.41) is 12.4. The zero-order chi connectivity index (χ0) is 21.4. The number of fused-ring (bicyclic) bond motifs is 1. The number of nitro groups is 1. The van der Waals surface area contributed by atoms with Gasteiger partial charge >= 0.3 is 0 Å². The van der Waals surface area contributed by atoms with E-state index in [4.69, 9.17) is 11.6 Å². The van der Waals surface area contributed by atoms with Crippen molar-refractivity contribution in [3.05, 3.63) is 79.6 Å². The van der Waals surface area contributed by atoms with Crippen molar-refractivity contribution in [1.29, 1.82) is 0 Å². The van der Waals surface area contributed by atoms with Crippen molar-refractivity contribution in [3.8, 4) is 0 Å². The van der Waals surface area contributed by atoms with Gasteiger partial charge in [0.2, 0.25) is 0 Å². The summed E-state index contributed by atoms with van der Waals surface area (Å²) >= 11 is 5.90. The Bertz CT molecular complexity index is 1220. The minimum Gasteiger partial charge on any atom is -0.362 e. The van der Waals surface area contributed by atoms with Gasteiger partial charge in [0.25, 0.3) is 17.2 Å². The van der Waals surface area contributed by atoms with Crippen molar-refractivity contribution in [3.63, 3.8) is 0 Å². The third-order valence-electron chi connectivity index (χ3n) is 5.43. The van der Waals surface area contributed by atoms with Crippen molar-refractivity contribution in [2.24, 2.45) is 7.05 Å². The first kappa shape index (κ1) is 19.9. The Morgan fingerprint density at radius 3 is 2.47 bits per heavy atom. The monoisotopic (exact) mass is 426 g/mol. The van der Waals surface area contributed by atoms with Crippen molar-refractivity contribution >= 4 is 39.8 Å². The first-order chi connectivity index (χ1) is 14.4. The molecule has 1 aliphatic rings. The predicted octanol–water partition coefficient (Wildman–Crippen LogP) is 3.06. The molecule has 0 spiro atoms. The van der Waals surface area contributed by atoms with Crippen LogP contribution >= 0.6 is 11.6 Å². The van der Waals surface area contributed by atoms with Gasteiger partial charge in [0.05, 0.1) is 16.0 Å². The molecule has 3 aromatic rings. The largest absolute Gasteiger partial charge is 0.362 e. The average Bonchev–Trinajstić information content (AvgIpc) is 2.76. The highest BCUT2D eigenvalue weighted by Crippen LogP contribution is 2.32. The molecule has 0 radical (unpaired) electrons. The molecule has 1 fully saturated rings. The van der Waals surface area contributed by atoms with Gasteiger partial charge in [0.1, 0.15) is 5.69 Å². The number of hydrogen-bond donors (Lipinski definition) is 0. The van der Waals surface area contributed by atoms with Gasteiger partial charge in [0, 0.05) is 55.8 Å². The van der Waals surface area contributed by atoms with Gasteiger partial charge in [-0.25, -0.2) is 0 Å². The Kier molecular flexibility index (Phi) is 5.17. The van der Waals surface area contributed by atoms with Crippen LogP contribution in [-0.4, -0.2) is 46.5 Å². The summed E-state index contributed by atoms with van der Waals surface area (Å²) < 4.78 is 1.52. The Morgan fingerprint density at radius 2 is 1.77 bits per heavy atom. The molecule has 0 atom stereocenters. The Morgan fingerprint density at radius 1 is 1.07 bits per heavy atom. The van der Waals surface area contributed by atoms with E-state index < -0.39 is 4.92 Å². The van der Waals surface area contributed by atoms with Gasteiger partial charge in [-0.1, -0.05) is 29.8 Å². The van der Waals surface area contributed by atoms with E-state index >= 15 is 0 Å². The maximum atomic E-state index is 13.2. The lowest BCUT2D eigenvalue weighted by molar-refractivity contribution is -0.384. The topological polar surface area (TPSA) is 88.7 Å². The van der Waals surface area contributed by atoms with Gasteiger partial charge in [0.15, 0.2) is 0 Å². The van der Waals surface area contributed by atoms with E-state index in [1.807, 2.05) is 29.2 Å². The van der Waals surface area contributed by atoms with Crippen LogP contribution in [0.2, 0.25) is 5.02 Å². The first-order valence-electron chi connectivity index (χ1n) is 9.44. The number of rotatable bonds is 3. The number of carbonyl (C=O) groups excluding carboxylic acids is 1. The van der Waals surface area contributed by atoms with Crippen LogP contribution in [0, 0.1) is 10.1 Å². The van der Waals surface area contributed by atoms with Gasteiger partial charge in [-0.3, -0.25) is 19.7 Å². The van der Waals surface area contributed by atoms with Gasteiger partial charge in [-0.05, 0) is 18.2 Å². The maximum Gasteiger partial charge on any atom is 0.294 e. The molecule has 4 rings (SSSR count). The number of benzene rings is 2. The summed E-state index contributed by atoms with van der Waals surface area (Å²) in [6.07, 6.45) is 0. The summed E-state index contributed by atoms with van der Waals surface area (Å²) in [6, 6.07) is 13.3. The quantitative estimate of drug-likeness (QED) is 0.474. The first-order valence-corrected chi connectivity index (χ1v) is 9.81. The predicted molar refractivity (Wildman–Crippen MR) is 115 cm³/mol. The van der Waals surface area contributed by atoms with Crippen LogP contribution in [0.15, 0.2) is 53.3 Å². The smallest absolute Gasteiger partial charge is 0.294 e. The molecule has 154 valence electrons. The number of carbonyl (C=O) groups is 1. The number of amides is 1. The van der Waals surface area contributed by atoms with E-state index in [1.165, 1.54) is 16.7 Å². The summed E-state index contributed by atoms with van der Waals surface area (Å²) in [6.45, 7) is 1.66. The summed E-state index contributed by atoms with van der Waals surface area (Å²) in [4.78, 5) is 40.0. The molecule has 0 N–H and O–H groups in total. The molecular formula is C21H19ClN4O4. The zero-order valence-corrected chi connectivity index (χ0v) is 17.0. The maximum absolute atomic E-state index is 13.2. The molecular weight excluding hydrogens is 408 g/mol. The fourth-order valence-corrected chi connectivity index (χ4v) is 3.98. The van der Waals surface area contributed by atoms with E-state index in [1.54, 1.807) is 24.1 Å². The second-order valence-electron chi connectivity index (χ2n) is 7.14. The van der Waals surface area contributed by atoms with Gasteiger partial charge in [-0.2, -0.15) is 0 Å². The lowest BCUT2D eigenvalue weighted by Crippen LogP contribution is -2.49. The number of anilines is 1. The van der Waals surface area contributed by atoms with Crippen LogP contribution in [-0.2, 0) is 7.05 Å². The van der Waals surface area contributed by atoms with Crippen LogP contribution in [0.1, 0.15) is 10.4 Å². The normalized spacial score (nSPS) is 14.2. The number of aryl methyl sites for hydroxylation is 1. The molecule has 0 bridgehead atoms. The number of pyridine rings is 1. The number of nitrogens with zero attached hydrogens (tertiary/aromatic N) is 4. The number of aromatic nitrogens is 1. The van der Waals surface area contributed by atoms with Gasteiger partial charge < -0.3 is 14.4 Å². The number of para-hydroxylation sites is 1. The zero-order valence-electron chi connectivity index (χ0n) is 16.2. The number of piperazine rings is 1. The minimum absolute atomic E-state index is 0.0557. The number of hydrogen-bond acceptors (Lipinski definition) is 5. The van der Waals surface area contributed by atoms with E-state index in [0.717, 1.165) is 5.39 Å². The molecule has 0 aliphatic carbocycles. The molecule has 2 heterocycles. The standard InChI is InChI=1S/C21H19ClN4O4/c1-23-17-5-3-2-4-15(17)16(13-20(23)27)21(28)25-10-8-24(9-11-25)18-7-6-14(22)12-19(18)26(29)30/h2-7,12-13H,8-11H2,1H3. The molecule has 0 unspecified atom stereocenters. The third kappa shape index (κ3) is 3.50. The van der Waals surface area contributed by atoms with Crippen molar-refractivity contribution in [2.45, 2.75) is 0 Å². The van der Waals surface area contributed by atoms with E-state index in [-0.39, 0.29) is 17.2 Å². The molecule has 8 nitrogen and oxygen atoms in total. The minimum atomic E-state index is -0.454. The van der Waals surface area contributed by atoms with E-state index in [2.05, 4.69) is 0 Å². The molecule has 1 amide bonds. The van der Waals surface area contributed by atoms with Crippen LogP contribution in [0.4, 0.5) is 11.4 Å². The molecule has 1 aliphatic heterocycles. The Labute approximate surface area is 177 Å². The molecule has 9 heteroatoms. The number of halogens is 1. The number of nitro benzene ring substituents is 1. The SMILES string of the molecule is Cn1c(=O)cc(C(=O)N2CCN(c3ccc(Cl)cc3[N+](=O)[O-])CC2)c2ccccc21. The Hall–Kier alpha value is -3.39. The van der Waals surface area contributed by atoms with Crippen molar-refractivity contribution < 1.29 is 9.72 Å². The van der Waals surface area contributed by atoms with Gasteiger partial charge in [-0.15, -0.1) is 0 Å². The highest BCUT2D eigenvalue weighted by atomic mass is 35.5. The average molecular weight is 427 g/mol. The van der Waals surface area contributed by atoms with E-state index in [9.17, 15) is 19.7 Å². The van der Waals surface area contributed by atoms with Crippen molar-refractivity contribution in [2.75, 3.05) is 31.1 Å². The van der Waals surface area contributed by atoms with Crippen molar-refractivity contribution in [1.82, 2.24) is 9.47 Å². The van der Waals surface area contributed by atoms with E-state index in [0.29, 0.717) is 48.0 Å². The van der Waals surface area contributed by atoms with Crippen LogP contribution in [0.25, 0.3) is 10.9 Å². The molecule has 30 heavy (non-hydrogen) atoms. The summed E-state index contributed by atoms with van der Waals surface area (Å²) in [5.41, 5.74) is 1.26. The molecule has 2 aromatic carbocycles. The molecule has 1 aromatic heterocycles. The highest BCUT2D eigenvalue weighted by molar-refractivity contribution is 6.30. The highest BCUT2D eigenvalue weighted by Gasteiger charge is 2.27. The van der Waals surface area contributed by atoms with Crippen LogP contribution in [0.5, 0.6) is 0 Å². The van der Waals surface area contributed by atoms with Crippen LogP contribution < -0.4 is 10.5 Å². The molecule has 0 saturated carbocycles. The lowest BCUT2D eigenvalue weighted by Gasteiger charge is -2.36. The molecule has 1 saturated heterocycles. The second-order valence-corrected chi connectivity index (χ2v) is 7.58. The third-order valence-corrected chi connectivity index (χ3v) is 5.66. The fraction of sp³-hybridized carbons (Fsp3) is 0.238.